The Kier molecular flexibility index (Phi) is 3.31. The van der Waals surface area contributed by atoms with Gasteiger partial charge in [-0.3, -0.25) is 4.40 Å². The number of imidazole rings is 1. The van der Waals surface area contributed by atoms with Crippen molar-refractivity contribution in [1.29, 1.82) is 5.26 Å². The number of hydrogen-bond acceptors (Lipinski definition) is 2. The van der Waals surface area contributed by atoms with Gasteiger partial charge in [0.05, 0.1) is 15.1 Å². The number of nitrogens with zero attached hydrogens (tertiary/aromatic N) is 3. The molecule has 0 aliphatic rings. The first-order chi connectivity index (χ1) is 9.60. The Labute approximate surface area is 129 Å². The summed E-state index contributed by atoms with van der Waals surface area (Å²) in [6.07, 6.45) is 1.66. The fraction of sp³-hybridized carbons (Fsp3) is 0. The second-order valence-corrected chi connectivity index (χ2v) is 5.38. The lowest BCUT2D eigenvalue weighted by atomic mass is 10.1. The van der Waals surface area contributed by atoms with Crippen LogP contribution in [0.15, 0.2) is 36.5 Å². The minimum Gasteiger partial charge on any atom is -0.289 e. The third kappa shape index (κ3) is 2.12. The van der Waals surface area contributed by atoms with E-state index in [9.17, 15) is 5.26 Å². The van der Waals surface area contributed by atoms with Crippen LogP contribution in [-0.2, 0) is 0 Å². The average Bonchev–Trinajstić information content (AvgIpc) is 2.79. The zero-order valence-corrected chi connectivity index (χ0v) is 12.2. The summed E-state index contributed by atoms with van der Waals surface area (Å²) in [5.74, 6) is 0. The average molecular weight is 323 g/mol. The van der Waals surface area contributed by atoms with E-state index in [1.165, 1.54) is 0 Å². The van der Waals surface area contributed by atoms with Gasteiger partial charge in [0, 0.05) is 11.8 Å². The highest BCUT2D eigenvalue weighted by molar-refractivity contribution is 6.42. The van der Waals surface area contributed by atoms with E-state index in [2.05, 4.69) is 11.1 Å². The van der Waals surface area contributed by atoms with Crippen LogP contribution in [0.4, 0.5) is 0 Å². The molecule has 0 radical (unpaired) electrons. The third-order valence-electron chi connectivity index (χ3n) is 2.88. The van der Waals surface area contributed by atoms with E-state index in [4.69, 9.17) is 34.8 Å². The molecular weight excluding hydrogens is 317 g/mol. The van der Waals surface area contributed by atoms with Crippen LogP contribution in [0, 0.1) is 11.3 Å². The predicted octanol–water partition coefficient (Wildman–Crippen LogP) is 4.83. The molecule has 0 atom stereocenters. The van der Waals surface area contributed by atoms with Crippen LogP contribution in [0.25, 0.3) is 16.9 Å². The van der Waals surface area contributed by atoms with Crippen molar-refractivity contribution in [3.63, 3.8) is 0 Å². The Morgan fingerprint density at radius 2 is 1.85 bits per heavy atom. The molecule has 0 unspecified atom stereocenters. The fourth-order valence-corrected chi connectivity index (χ4v) is 2.43. The number of fused-ring (bicyclic) bond motifs is 1. The predicted molar refractivity (Wildman–Crippen MR) is 80.4 cm³/mol. The molecule has 0 aliphatic carbocycles. The maximum Gasteiger partial charge on any atom is 0.152 e. The number of pyridine rings is 1. The first-order valence-corrected chi connectivity index (χ1v) is 6.76. The summed E-state index contributed by atoms with van der Waals surface area (Å²) in [4.78, 5) is 4.45. The van der Waals surface area contributed by atoms with Crippen molar-refractivity contribution in [1.82, 2.24) is 9.38 Å². The summed E-state index contributed by atoms with van der Waals surface area (Å²) in [6.45, 7) is 0. The summed E-state index contributed by atoms with van der Waals surface area (Å²) in [5.41, 5.74) is 2.33. The Morgan fingerprint density at radius 3 is 2.55 bits per heavy atom. The lowest BCUT2D eigenvalue weighted by Gasteiger charge is -2.00. The number of benzene rings is 1. The minimum absolute atomic E-state index is 0.404. The van der Waals surface area contributed by atoms with Gasteiger partial charge in [-0.1, -0.05) is 40.9 Å². The van der Waals surface area contributed by atoms with E-state index in [1.807, 2.05) is 0 Å². The van der Waals surface area contributed by atoms with Gasteiger partial charge in [-0.05, 0) is 24.3 Å². The molecule has 0 saturated carbocycles. The molecule has 0 fully saturated rings. The molecule has 0 amide bonds. The standard InChI is InChI=1S/C14H6Cl3N3/c15-9-2-4-13-19-14(12(6-18)20(13)7-9)8-1-3-10(16)11(17)5-8/h1-5,7H. The molecule has 6 heteroatoms. The van der Waals surface area contributed by atoms with Crippen molar-refractivity contribution >= 4 is 40.4 Å². The molecule has 3 aromatic rings. The zero-order chi connectivity index (χ0) is 14.3. The Balaban J connectivity index is 2.31. The van der Waals surface area contributed by atoms with Gasteiger partial charge in [0.15, 0.2) is 5.69 Å². The zero-order valence-electron chi connectivity index (χ0n) is 9.94. The second-order valence-electron chi connectivity index (χ2n) is 4.13. The number of nitriles is 1. The molecule has 20 heavy (non-hydrogen) atoms. The van der Waals surface area contributed by atoms with Gasteiger partial charge in [0.2, 0.25) is 0 Å². The van der Waals surface area contributed by atoms with E-state index in [0.717, 1.165) is 5.56 Å². The van der Waals surface area contributed by atoms with Gasteiger partial charge in [-0.2, -0.15) is 5.26 Å². The van der Waals surface area contributed by atoms with Gasteiger partial charge in [-0.25, -0.2) is 4.98 Å². The quantitative estimate of drug-likeness (QED) is 0.643. The normalized spacial score (nSPS) is 10.7. The topological polar surface area (TPSA) is 41.1 Å². The number of aromatic nitrogens is 2. The van der Waals surface area contributed by atoms with Gasteiger partial charge in [0.25, 0.3) is 0 Å². The van der Waals surface area contributed by atoms with E-state index in [0.29, 0.717) is 32.1 Å². The largest absolute Gasteiger partial charge is 0.289 e. The molecule has 3 rings (SSSR count). The summed E-state index contributed by atoms with van der Waals surface area (Å²) in [5, 5.41) is 10.8. The van der Waals surface area contributed by atoms with E-state index in [1.54, 1.807) is 40.9 Å². The maximum atomic E-state index is 9.37. The molecular formula is C14H6Cl3N3. The third-order valence-corrected chi connectivity index (χ3v) is 3.84. The fourth-order valence-electron chi connectivity index (χ4n) is 1.97. The first-order valence-electron chi connectivity index (χ1n) is 5.63. The van der Waals surface area contributed by atoms with Crippen LogP contribution >= 0.6 is 34.8 Å². The summed E-state index contributed by atoms with van der Waals surface area (Å²) < 4.78 is 1.65. The van der Waals surface area contributed by atoms with Crippen molar-refractivity contribution in [3.05, 3.63) is 57.3 Å². The number of rotatable bonds is 1. The van der Waals surface area contributed by atoms with Gasteiger partial charge in [0.1, 0.15) is 17.4 Å². The van der Waals surface area contributed by atoms with Gasteiger partial charge < -0.3 is 0 Å². The van der Waals surface area contributed by atoms with E-state index < -0.39 is 0 Å². The molecule has 2 heterocycles. The Hall–Kier alpha value is -1.73. The van der Waals surface area contributed by atoms with Crippen molar-refractivity contribution in [2.45, 2.75) is 0 Å². The smallest absolute Gasteiger partial charge is 0.152 e. The lowest BCUT2D eigenvalue weighted by Crippen LogP contribution is -1.88. The van der Waals surface area contributed by atoms with Crippen LogP contribution in [0.5, 0.6) is 0 Å². The molecule has 98 valence electrons. The van der Waals surface area contributed by atoms with E-state index >= 15 is 0 Å². The summed E-state index contributed by atoms with van der Waals surface area (Å²) in [7, 11) is 0. The molecule has 0 aliphatic heterocycles. The molecule has 2 aromatic heterocycles. The lowest BCUT2D eigenvalue weighted by molar-refractivity contribution is 1.15. The second kappa shape index (κ2) is 4.99. The van der Waals surface area contributed by atoms with Crippen LogP contribution in [-0.4, -0.2) is 9.38 Å². The minimum atomic E-state index is 0.404. The number of hydrogen-bond donors (Lipinski definition) is 0. The first kappa shape index (κ1) is 13.3. The number of halogens is 3. The van der Waals surface area contributed by atoms with E-state index in [-0.39, 0.29) is 0 Å². The molecule has 0 N–H and O–H groups in total. The molecule has 1 aromatic carbocycles. The monoisotopic (exact) mass is 321 g/mol. The molecule has 3 nitrogen and oxygen atoms in total. The highest BCUT2D eigenvalue weighted by atomic mass is 35.5. The Morgan fingerprint density at radius 1 is 1.05 bits per heavy atom. The van der Waals surface area contributed by atoms with Crippen molar-refractivity contribution in [2.24, 2.45) is 0 Å². The van der Waals surface area contributed by atoms with Gasteiger partial charge in [-0.15, -0.1) is 0 Å². The van der Waals surface area contributed by atoms with Crippen LogP contribution in [0.3, 0.4) is 0 Å². The van der Waals surface area contributed by atoms with Crippen molar-refractivity contribution < 1.29 is 0 Å². The van der Waals surface area contributed by atoms with Crippen molar-refractivity contribution in [3.8, 4) is 17.3 Å². The highest BCUT2D eigenvalue weighted by Gasteiger charge is 2.14. The molecule has 0 spiro atoms. The summed E-state index contributed by atoms with van der Waals surface area (Å²) >= 11 is 17.9. The molecule has 0 bridgehead atoms. The van der Waals surface area contributed by atoms with Crippen LogP contribution in [0.1, 0.15) is 5.69 Å². The molecule has 0 saturated heterocycles. The SMILES string of the molecule is N#Cc1c(-c2ccc(Cl)c(Cl)c2)nc2ccc(Cl)cn12. The maximum absolute atomic E-state index is 9.37. The highest BCUT2D eigenvalue weighted by Crippen LogP contribution is 2.30. The van der Waals surface area contributed by atoms with Crippen LogP contribution < -0.4 is 0 Å². The van der Waals surface area contributed by atoms with Crippen LogP contribution in [0.2, 0.25) is 15.1 Å². The van der Waals surface area contributed by atoms with Crippen molar-refractivity contribution in [2.75, 3.05) is 0 Å². The summed E-state index contributed by atoms with van der Waals surface area (Å²) in [6, 6.07) is 10.8. The Bertz CT molecular complexity index is 862. The van der Waals surface area contributed by atoms with Gasteiger partial charge >= 0.3 is 0 Å².